The van der Waals surface area contributed by atoms with Crippen LogP contribution in [0.3, 0.4) is 0 Å². The van der Waals surface area contributed by atoms with Gasteiger partial charge in [0.25, 0.3) is 0 Å². The van der Waals surface area contributed by atoms with E-state index < -0.39 is 0 Å². The monoisotopic (exact) mass is 220 g/mol. The molecule has 80 valence electrons. The van der Waals surface area contributed by atoms with Crippen molar-refractivity contribution in [1.82, 2.24) is 4.98 Å². The Morgan fingerprint density at radius 1 is 1.40 bits per heavy atom. The van der Waals surface area contributed by atoms with Crippen LogP contribution in [0.2, 0.25) is 0 Å². The first-order valence-electron chi connectivity index (χ1n) is 4.94. The molecular formula is C12H16N2S. The van der Waals surface area contributed by atoms with E-state index in [1.165, 1.54) is 0 Å². The molecule has 3 heteroatoms. The topological polar surface area (TPSA) is 36.7 Å². The minimum absolute atomic E-state index is 0.358. The molecule has 1 rings (SSSR count). The maximum atomic E-state index is 8.62. The Balaban J connectivity index is 2.42. The van der Waals surface area contributed by atoms with Gasteiger partial charge in [-0.1, -0.05) is 20.8 Å². The van der Waals surface area contributed by atoms with Crippen LogP contribution in [0, 0.1) is 16.7 Å². The van der Waals surface area contributed by atoms with Gasteiger partial charge in [-0.2, -0.15) is 17.0 Å². The molecule has 0 spiro atoms. The van der Waals surface area contributed by atoms with E-state index in [2.05, 4.69) is 31.8 Å². The molecule has 0 aliphatic heterocycles. The van der Waals surface area contributed by atoms with Crippen LogP contribution in [-0.4, -0.2) is 10.7 Å². The van der Waals surface area contributed by atoms with Gasteiger partial charge in [0.15, 0.2) is 0 Å². The SMILES string of the molecule is CC(C)(C)CSCc1ccc(C#N)cn1. The van der Waals surface area contributed by atoms with Crippen LogP contribution >= 0.6 is 11.8 Å². The van der Waals surface area contributed by atoms with E-state index in [4.69, 9.17) is 5.26 Å². The van der Waals surface area contributed by atoms with Crippen LogP contribution in [0.4, 0.5) is 0 Å². The fourth-order valence-electron chi connectivity index (χ4n) is 1.04. The second kappa shape index (κ2) is 5.18. The molecule has 1 heterocycles. The fourth-order valence-corrected chi connectivity index (χ4v) is 2.13. The van der Waals surface area contributed by atoms with Crippen molar-refractivity contribution in [1.29, 1.82) is 5.26 Å². The predicted octanol–water partition coefficient (Wildman–Crippen LogP) is 3.23. The molecule has 0 saturated heterocycles. The van der Waals surface area contributed by atoms with Gasteiger partial charge in [-0.25, -0.2) is 0 Å². The Morgan fingerprint density at radius 3 is 2.60 bits per heavy atom. The van der Waals surface area contributed by atoms with Gasteiger partial charge in [0.1, 0.15) is 6.07 Å². The number of aromatic nitrogens is 1. The standard InChI is InChI=1S/C12H16N2S/c1-12(2,3)9-15-8-11-5-4-10(6-13)7-14-11/h4-5,7H,8-9H2,1-3H3. The molecular weight excluding hydrogens is 204 g/mol. The number of nitriles is 1. The zero-order chi connectivity index (χ0) is 11.3. The molecule has 0 unspecified atom stereocenters. The Labute approximate surface area is 95.7 Å². The third-order valence-electron chi connectivity index (χ3n) is 1.74. The van der Waals surface area contributed by atoms with E-state index in [0.717, 1.165) is 17.2 Å². The number of hydrogen-bond donors (Lipinski definition) is 0. The van der Waals surface area contributed by atoms with Crippen LogP contribution < -0.4 is 0 Å². The molecule has 0 aromatic carbocycles. The van der Waals surface area contributed by atoms with Crippen molar-refractivity contribution >= 4 is 11.8 Å². The molecule has 0 saturated carbocycles. The Kier molecular flexibility index (Phi) is 4.16. The highest BCUT2D eigenvalue weighted by atomic mass is 32.2. The van der Waals surface area contributed by atoms with Crippen molar-refractivity contribution in [3.63, 3.8) is 0 Å². The van der Waals surface area contributed by atoms with E-state index >= 15 is 0 Å². The van der Waals surface area contributed by atoms with Gasteiger partial charge in [0.2, 0.25) is 0 Å². The number of rotatable bonds is 3. The molecule has 1 aromatic rings. The first kappa shape index (κ1) is 12.1. The lowest BCUT2D eigenvalue weighted by Crippen LogP contribution is -2.08. The van der Waals surface area contributed by atoms with Crippen LogP contribution in [-0.2, 0) is 5.75 Å². The lowest BCUT2D eigenvalue weighted by Gasteiger charge is -2.16. The van der Waals surface area contributed by atoms with Gasteiger partial charge >= 0.3 is 0 Å². The lowest BCUT2D eigenvalue weighted by molar-refractivity contribution is 0.480. The summed E-state index contributed by atoms with van der Waals surface area (Å²) < 4.78 is 0. The number of hydrogen-bond acceptors (Lipinski definition) is 3. The van der Waals surface area contributed by atoms with Gasteiger partial charge in [-0.05, 0) is 23.3 Å². The van der Waals surface area contributed by atoms with Crippen LogP contribution in [0.1, 0.15) is 32.0 Å². The first-order chi connectivity index (χ1) is 7.01. The second-order valence-corrected chi connectivity index (χ2v) is 5.69. The second-order valence-electron chi connectivity index (χ2n) is 4.70. The maximum absolute atomic E-state index is 8.62. The summed E-state index contributed by atoms with van der Waals surface area (Å²) in [7, 11) is 0. The van der Waals surface area contributed by atoms with Gasteiger partial charge < -0.3 is 0 Å². The molecule has 0 N–H and O–H groups in total. The predicted molar refractivity (Wildman–Crippen MR) is 64.6 cm³/mol. The highest BCUT2D eigenvalue weighted by Crippen LogP contribution is 2.22. The van der Waals surface area contributed by atoms with Gasteiger partial charge in [-0.15, -0.1) is 0 Å². The molecule has 0 aliphatic rings. The Morgan fingerprint density at radius 2 is 2.13 bits per heavy atom. The zero-order valence-electron chi connectivity index (χ0n) is 9.45. The summed E-state index contributed by atoms with van der Waals surface area (Å²) in [5.41, 5.74) is 2.03. The molecule has 0 bridgehead atoms. The smallest absolute Gasteiger partial charge is 0.101 e. The largest absolute Gasteiger partial charge is 0.259 e. The molecule has 0 aliphatic carbocycles. The van der Waals surface area contributed by atoms with Crippen LogP contribution in [0.15, 0.2) is 18.3 Å². The van der Waals surface area contributed by atoms with Crippen molar-refractivity contribution in [2.75, 3.05) is 5.75 Å². The zero-order valence-corrected chi connectivity index (χ0v) is 10.3. The molecule has 0 amide bonds. The Hall–Kier alpha value is -1.01. The highest BCUT2D eigenvalue weighted by Gasteiger charge is 2.09. The molecule has 2 nitrogen and oxygen atoms in total. The molecule has 0 atom stereocenters. The van der Waals surface area contributed by atoms with Gasteiger partial charge in [0.05, 0.1) is 11.3 Å². The average molecular weight is 220 g/mol. The normalized spacial score (nSPS) is 11.1. The third-order valence-corrected chi connectivity index (χ3v) is 3.31. The first-order valence-corrected chi connectivity index (χ1v) is 6.09. The van der Waals surface area contributed by atoms with E-state index in [0.29, 0.717) is 11.0 Å². The maximum Gasteiger partial charge on any atom is 0.101 e. The van der Waals surface area contributed by atoms with E-state index in [1.807, 2.05) is 23.9 Å². The van der Waals surface area contributed by atoms with Gasteiger partial charge in [0, 0.05) is 11.9 Å². The minimum Gasteiger partial charge on any atom is -0.259 e. The van der Waals surface area contributed by atoms with Crippen molar-refractivity contribution in [2.45, 2.75) is 26.5 Å². The summed E-state index contributed by atoms with van der Waals surface area (Å²) in [5.74, 6) is 2.04. The van der Waals surface area contributed by atoms with Crippen LogP contribution in [0.25, 0.3) is 0 Å². The number of nitrogens with zero attached hydrogens (tertiary/aromatic N) is 2. The van der Waals surface area contributed by atoms with E-state index in [1.54, 1.807) is 6.20 Å². The summed E-state index contributed by atoms with van der Waals surface area (Å²) in [6.45, 7) is 6.69. The number of pyridine rings is 1. The van der Waals surface area contributed by atoms with Crippen LogP contribution in [0.5, 0.6) is 0 Å². The summed E-state index contributed by atoms with van der Waals surface area (Å²) in [4.78, 5) is 4.23. The minimum atomic E-state index is 0.358. The van der Waals surface area contributed by atoms with Crippen molar-refractivity contribution in [3.8, 4) is 6.07 Å². The quantitative estimate of drug-likeness (QED) is 0.784. The molecule has 1 aromatic heterocycles. The fraction of sp³-hybridized carbons (Fsp3) is 0.500. The van der Waals surface area contributed by atoms with E-state index in [9.17, 15) is 0 Å². The van der Waals surface area contributed by atoms with Crippen molar-refractivity contribution in [3.05, 3.63) is 29.6 Å². The highest BCUT2D eigenvalue weighted by molar-refractivity contribution is 7.98. The summed E-state index contributed by atoms with van der Waals surface area (Å²) in [6.07, 6.45) is 1.63. The Bertz CT molecular complexity index is 343. The number of thioether (sulfide) groups is 1. The molecule has 0 radical (unpaired) electrons. The third kappa shape index (κ3) is 4.85. The van der Waals surface area contributed by atoms with Crippen molar-refractivity contribution < 1.29 is 0 Å². The summed E-state index contributed by atoms with van der Waals surface area (Å²) >= 11 is 1.88. The summed E-state index contributed by atoms with van der Waals surface area (Å²) in [6, 6.07) is 5.81. The van der Waals surface area contributed by atoms with Crippen molar-refractivity contribution in [2.24, 2.45) is 5.41 Å². The molecule has 0 fully saturated rings. The molecule has 15 heavy (non-hydrogen) atoms. The average Bonchev–Trinajstić information content (AvgIpc) is 2.17. The lowest BCUT2D eigenvalue weighted by atomic mass is 10.0. The summed E-state index contributed by atoms with van der Waals surface area (Å²) in [5, 5.41) is 8.62. The van der Waals surface area contributed by atoms with Gasteiger partial charge in [-0.3, -0.25) is 4.98 Å². The van der Waals surface area contributed by atoms with E-state index in [-0.39, 0.29) is 0 Å².